The first-order valence-electron chi connectivity index (χ1n) is 9.44. The van der Waals surface area contributed by atoms with E-state index in [1.807, 2.05) is 25.8 Å². The molecule has 3 rings (SSSR count). The molecule has 0 spiro atoms. The standard InChI is InChI=1S/C20H23ClN4O4S/c1-13(2)29-20-17(21)11-14(12-22-20)19(26)23-15-6-8-16(9-7-15)30(27,28)24-18-5-4-10-25(18)3/h6-9,11-13H,4-5,10H2,1-3H3,(H,23,26). The molecule has 1 aromatic carbocycles. The second kappa shape index (κ2) is 9.01. The first kappa shape index (κ1) is 22.0. The van der Waals surface area contributed by atoms with Crippen molar-refractivity contribution in [2.24, 2.45) is 4.40 Å². The number of sulfonamides is 1. The molecule has 1 N–H and O–H groups in total. The predicted octanol–water partition coefficient (Wildman–Crippen LogP) is 3.59. The van der Waals surface area contributed by atoms with Crippen molar-refractivity contribution in [3.8, 4) is 5.88 Å². The van der Waals surface area contributed by atoms with E-state index < -0.39 is 15.9 Å². The lowest BCUT2D eigenvalue weighted by Crippen LogP contribution is -2.20. The largest absolute Gasteiger partial charge is 0.474 e. The third-order valence-corrected chi connectivity index (χ3v) is 5.98. The molecule has 1 amide bonds. The quantitative estimate of drug-likeness (QED) is 0.721. The van der Waals surface area contributed by atoms with Gasteiger partial charge in [0.2, 0.25) is 5.88 Å². The van der Waals surface area contributed by atoms with Gasteiger partial charge in [-0.15, -0.1) is 4.40 Å². The van der Waals surface area contributed by atoms with Crippen molar-refractivity contribution in [3.63, 3.8) is 0 Å². The van der Waals surface area contributed by atoms with Crippen LogP contribution in [0.1, 0.15) is 37.0 Å². The van der Waals surface area contributed by atoms with Crippen molar-refractivity contribution < 1.29 is 17.9 Å². The van der Waals surface area contributed by atoms with Crippen LogP contribution < -0.4 is 10.1 Å². The van der Waals surface area contributed by atoms with Crippen LogP contribution in [0.2, 0.25) is 5.02 Å². The lowest BCUT2D eigenvalue weighted by molar-refractivity contribution is 0.102. The molecule has 0 unspecified atom stereocenters. The molecular weight excluding hydrogens is 428 g/mol. The number of carbonyl (C=O) groups excluding carboxylic acids is 1. The Kier molecular flexibility index (Phi) is 6.62. The number of carbonyl (C=O) groups is 1. The van der Waals surface area contributed by atoms with E-state index in [0.29, 0.717) is 17.9 Å². The highest BCUT2D eigenvalue weighted by atomic mass is 35.5. The molecule has 2 heterocycles. The number of amides is 1. The molecule has 160 valence electrons. The number of hydrogen-bond acceptors (Lipinski definition) is 5. The van der Waals surface area contributed by atoms with Crippen LogP contribution >= 0.6 is 11.6 Å². The molecule has 0 atom stereocenters. The van der Waals surface area contributed by atoms with E-state index in [0.717, 1.165) is 13.0 Å². The minimum atomic E-state index is -3.80. The van der Waals surface area contributed by atoms with Gasteiger partial charge in [0.05, 0.1) is 16.6 Å². The molecule has 1 saturated heterocycles. The number of nitrogens with one attached hydrogen (secondary N) is 1. The van der Waals surface area contributed by atoms with Crippen molar-refractivity contribution in [2.75, 3.05) is 18.9 Å². The van der Waals surface area contributed by atoms with Crippen LogP contribution in [0.4, 0.5) is 5.69 Å². The highest BCUT2D eigenvalue weighted by molar-refractivity contribution is 7.90. The first-order valence-corrected chi connectivity index (χ1v) is 11.3. The minimum absolute atomic E-state index is 0.0631. The van der Waals surface area contributed by atoms with Gasteiger partial charge >= 0.3 is 0 Å². The molecule has 1 aliphatic rings. The molecule has 10 heteroatoms. The molecule has 0 bridgehead atoms. The second-order valence-corrected chi connectivity index (χ2v) is 9.18. The number of halogens is 1. The highest BCUT2D eigenvalue weighted by Gasteiger charge is 2.20. The summed E-state index contributed by atoms with van der Waals surface area (Å²) in [6.45, 7) is 4.49. The molecular formula is C20H23ClN4O4S. The van der Waals surface area contributed by atoms with Crippen molar-refractivity contribution in [2.45, 2.75) is 37.7 Å². The predicted molar refractivity (Wildman–Crippen MR) is 116 cm³/mol. The number of pyridine rings is 1. The van der Waals surface area contributed by atoms with Gasteiger partial charge in [0.25, 0.3) is 15.9 Å². The maximum Gasteiger partial charge on any atom is 0.283 e. The van der Waals surface area contributed by atoms with Gasteiger partial charge in [-0.25, -0.2) is 4.98 Å². The molecule has 1 fully saturated rings. The van der Waals surface area contributed by atoms with Gasteiger partial charge in [0.15, 0.2) is 0 Å². The van der Waals surface area contributed by atoms with Crippen LogP contribution in [0.3, 0.4) is 0 Å². The SMILES string of the molecule is CC(C)Oc1ncc(C(=O)Nc2ccc(S(=O)(=O)N=C3CCCN3C)cc2)cc1Cl. The summed E-state index contributed by atoms with van der Waals surface area (Å²) in [5.74, 6) is 0.387. The van der Waals surface area contributed by atoms with E-state index in [4.69, 9.17) is 16.3 Å². The van der Waals surface area contributed by atoms with E-state index >= 15 is 0 Å². The summed E-state index contributed by atoms with van der Waals surface area (Å²) in [5, 5.41) is 2.92. The first-order chi connectivity index (χ1) is 14.2. The fourth-order valence-corrected chi connectivity index (χ4v) is 4.18. The van der Waals surface area contributed by atoms with Crippen molar-refractivity contribution in [1.82, 2.24) is 9.88 Å². The normalized spacial score (nSPS) is 15.6. The zero-order valence-electron chi connectivity index (χ0n) is 16.9. The molecule has 1 aliphatic heterocycles. The molecule has 0 saturated carbocycles. The monoisotopic (exact) mass is 450 g/mol. The number of nitrogens with zero attached hydrogens (tertiary/aromatic N) is 3. The topological polar surface area (TPSA) is 101 Å². The molecule has 1 aromatic heterocycles. The lowest BCUT2D eigenvalue weighted by Gasteiger charge is -2.12. The Labute approximate surface area is 181 Å². The number of rotatable bonds is 6. The Hall–Kier alpha value is -2.65. The van der Waals surface area contributed by atoms with E-state index in [2.05, 4.69) is 14.7 Å². The van der Waals surface area contributed by atoms with Crippen LogP contribution in [-0.4, -0.2) is 49.7 Å². The average molecular weight is 451 g/mol. The maximum absolute atomic E-state index is 12.5. The Morgan fingerprint density at radius 1 is 1.30 bits per heavy atom. The second-order valence-electron chi connectivity index (χ2n) is 7.16. The van der Waals surface area contributed by atoms with Crippen molar-refractivity contribution in [3.05, 3.63) is 47.1 Å². The number of likely N-dealkylation sites (tertiary alicyclic amines) is 1. The van der Waals surface area contributed by atoms with Crippen molar-refractivity contribution in [1.29, 1.82) is 0 Å². The number of amidine groups is 1. The summed E-state index contributed by atoms with van der Waals surface area (Å²) in [6, 6.07) is 7.31. The van der Waals surface area contributed by atoms with Crippen molar-refractivity contribution >= 4 is 39.1 Å². The van der Waals surface area contributed by atoms with Crippen LogP contribution in [0.5, 0.6) is 5.88 Å². The zero-order valence-corrected chi connectivity index (χ0v) is 18.5. The van der Waals surface area contributed by atoms with Crippen LogP contribution in [0.25, 0.3) is 0 Å². The Morgan fingerprint density at radius 2 is 2.00 bits per heavy atom. The van der Waals surface area contributed by atoms with Gasteiger partial charge in [0.1, 0.15) is 10.9 Å². The molecule has 0 aliphatic carbocycles. The minimum Gasteiger partial charge on any atom is -0.474 e. The van der Waals surface area contributed by atoms with Gasteiger partial charge < -0.3 is 15.0 Å². The van der Waals surface area contributed by atoms with Gasteiger partial charge in [-0.3, -0.25) is 4.79 Å². The van der Waals surface area contributed by atoms with Gasteiger partial charge in [0, 0.05) is 31.9 Å². The van der Waals surface area contributed by atoms with Crippen LogP contribution in [0.15, 0.2) is 45.8 Å². The summed E-state index contributed by atoms with van der Waals surface area (Å²) in [6.07, 6.45) is 2.80. The number of aromatic nitrogens is 1. The maximum atomic E-state index is 12.5. The Bertz CT molecular complexity index is 1070. The van der Waals surface area contributed by atoms with Gasteiger partial charge in [-0.1, -0.05) is 11.6 Å². The smallest absolute Gasteiger partial charge is 0.283 e. The molecule has 30 heavy (non-hydrogen) atoms. The van der Waals surface area contributed by atoms with Crippen LogP contribution in [-0.2, 0) is 10.0 Å². The molecule has 0 radical (unpaired) electrons. The summed E-state index contributed by atoms with van der Waals surface area (Å²) in [4.78, 5) is 18.4. The Morgan fingerprint density at radius 3 is 2.57 bits per heavy atom. The van der Waals surface area contributed by atoms with E-state index in [-0.39, 0.29) is 27.5 Å². The fourth-order valence-electron chi connectivity index (χ4n) is 2.87. The molecule has 8 nitrogen and oxygen atoms in total. The van der Waals surface area contributed by atoms with Crippen LogP contribution in [0, 0.1) is 0 Å². The third-order valence-electron chi connectivity index (χ3n) is 4.39. The Balaban J connectivity index is 1.71. The number of benzene rings is 1. The summed E-state index contributed by atoms with van der Waals surface area (Å²) < 4.78 is 34.4. The van der Waals surface area contributed by atoms with E-state index in [1.165, 1.54) is 36.5 Å². The average Bonchev–Trinajstić information content (AvgIpc) is 3.07. The summed E-state index contributed by atoms with van der Waals surface area (Å²) >= 11 is 6.12. The van der Waals surface area contributed by atoms with E-state index in [9.17, 15) is 13.2 Å². The molecule has 2 aromatic rings. The summed E-state index contributed by atoms with van der Waals surface area (Å²) in [7, 11) is -1.98. The third kappa shape index (κ3) is 5.28. The number of anilines is 1. The highest BCUT2D eigenvalue weighted by Crippen LogP contribution is 2.24. The van der Waals surface area contributed by atoms with Gasteiger partial charge in [-0.05, 0) is 50.6 Å². The van der Waals surface area contributed by atoms with E-state index in [1.54, 1.807) is 0 Å². The summed E-state index contributed by atoms with van der Waals surface area (Å²) in [5.41, 5.74) is 0.687. The zero-order chi connectivity index (χ0) is 21.9. The van der Waals surface area contributed by atoms with Gasteiger partial charge in [-0.2, -0.15) is 8.42 Å². The number of ether oxygens (including phenoxy) is 1. The number of hydrogen-bond donors (Lipinski definition) is 1. The fraction of sp³-hybridized carbons (Fsp3) is 0.350. The lowest BCUT2D eigenvalue weighted by atomic mass is 10.2.